The van der Waals surface area contributed by atoms with E-state index in [1.165, 1.54) is 23.3 Å². The van der Waals surface area contributed by atoms with Gasteiger partial charge in [0.05, 0.1) is 0 Å². The summed E-state index contributed by atoms with van der Waals surface area (Å²) in [6, 6.07) is 7.08. The second kappa shape index (κ2) is 6.66. The van der Waals surface area contributed by atoms with Gasteiger partial charge in [0.25, 0.3) is 0 Å². The number of tetrazole rings is 1. The summed E-state index contributed by atoms with van der Waals surface area (Å²) in [7, 11) is 0. The summed E-state index contributed by atoms with van der Waals surface area (Å²) in [6.07, 6.45) is 1.76. The number of nitrogens with zero attached hydrogens (tertiary/aromatic N) is 6. The molecule has 2 heterocycles. The Morgan fingerprint density at radius 1 is 1.29 bits per heavy atom. The van der Waals surface area contributed by atoms with Gasteiger partial charge in [0.2, 0.25) is 16.9 Å². The largest absolute Gasteiger partial charge is 0.273 e. The van der Waals surface area contributed by atoms with E-state index in [-0.39, 0.29) is 5.91 Å². The number of anilines is 1. The average molecular weight is 363 g/mol. The van der Waals surface area contributed by atoms with E-state index in [1.807, 2.05) is 0 Å². The van der Waals surface area contributed by atoms with Crippen molar-refractivity contribution in [3.8, 4) is 11.4 Å². The number of carbonyl (C=O) groups is 1. The summed E-state index contributed by atoms with van der Waals surface area (Å²) in [5.41, 5.74) is 0.760. The van der Waals surface area contributed by atoms with Crippen LogP contribution < -0.4 is 5.01 Å². The Balaban J connectivity index is 1.95. The summed E-state index contributed by atoms with van der Waals surface area (Å²) < 4.78 is 0. The maximum atomic E-state index is 12.1. The third kappa shape index (κ3) is 3.29. The Morgan fingerprint density at radius 2 is 2.00 bits per heavy atom. The Morgan fingerprint density at radius 3 is 2.58 bits per heavy atom. The number of thiazole rings is 1. The van der Waals surface area contributed by atoms with Gasteiger partial charge in [-0.15, -0.1) is 10.2 Å². The van der Waals surface area contributed by atoms with Crippen molar-refractivity contribution in [2.75, 3.05) is 5.01 Å². The highest BCUT2D eigenvalue weighted by atomic mass is 35.5. The van der Waals surface area contributed by atoms with Crippen LogP contribution in [0.1, 0.15) is 31.6 Å². The number of hydrogen-bond acceptors (Lipinski definition) is 6. The Labute approximate surface area is 147 Å². The van der Waals surface area contributed by atoms with Gasteiger partial charge < -0.3 is 0 Å². The molecule has 2 aromatic heterocycles. The van der Waals surface area contributed by atoms with Crippen LogP contribution in [0, 0.1) is 0 Å². The van der Waals surface area contributed by atoms with Crippen LogP contribution in [0.5, 0.6) is 0 Å². The molecule has 0 unspecified atom stereocenters. The van der Waals surface area contributed by atoms with Gasteiger partial charge in [0.15, 0.2) is 0 Å². The van der Waals surface area contributed by atoms with Gasteiger partial charge in [-0.3, -0.25) is 4.79 Å². The van der Waals surface area contributed by atoms with Gasteiger partial charge in [0, 0.05) is 28.6 Å². The molecule has 0 bridgehead atoms. The van der Waals surface area contributed by atoms with Crippen molar-refractivity contribution >= 4 is 34.0 Å². The quantitative estimate of drug-likeness (QED) is 0.711. The number of rotatable bonds is 4. The van der Waals surface area contributed by atoms with Gasteiger partial charge >= 0.3 is 0 Å². The van der Waals surface area contributed by atoms with Crippen LogP contribution >= 0.6 is 22.9 Å². The van der Waals surface area contributed by atoms with Crippen LogP contribution in [0.15, 0.2) is 30.5 Å². The van der Waals surface area contributed by atoms with E-state index in [2.05, 4.69) is 34.2 Å². The van der Waals surface area contributed by atoms with Crippen molar-refractivity contribution in [1.82, 2.24) is 25.3 Å². The van der Waals surface area contributed by atoms with E-state index in [9.17, 15) is 4.79 Å². The first-order valence-electron chi connectivity index (χ1n) is 7.28. The number of benzene rings is 1. The molecule has 3 rings (SSSR count). The standard InChI is InChI=1S/C15H15ClN6OS/c1-9(2)13-8-17-15(24-13)21(10(3)23)22-19-14(18-20-22)11-4-6-12(16)7-5-11/h4-9H,1-3H3. The van der Waals surface area contributed by atoms with E-state index in [0.29, 0.717) is 21.9 Å². The fraction of sp³-hybridized carbons (Fsp3) is 0.267. The van der Waals surface area contributed by atoms with Crippen molar-refractivity contribution in [2.45, 2.75) is 26.7 Å². The van der Waals surface area contributed by atoms with Gasteiger partial charge in [-0.25, -0.2) is 4.98 Å². The number of hydrogen-bond donors (Lipinski definition) is 0. The molecule has 0 aliphatic carbocycles. The molecule has 1 aromatic carbocycles. The first kappa shape index (κ1) is 16.5. The highest BCUT2D eigenvalue weighted by Crippen LogP contribution is 2.28. The molecule has 0 saturated heterocycles. The van der Waals surface area contributed by atoms with Crippen LogP contribution in [-0.2, 0) is 4.79 Å². The van der Waals surface area contributed by atoms with Crippen molar-refractivity contribution in [2.24, 2.45) is 0 Å². The molecular weight excluding hydrogens is 348 g/mol. The highest BCUT2D eigenvalue weighted by molar-refractivity contribution is 7.15. The van der Waals surface area contributed by atoms with Gasteiger partial charge in [-0.2, -0.15) is 5.01 Å². The number of carbonyl (C=O) groups excluding carboxylic acids is 1. The molecular formula is C15H15ClN6OS. The lowest BCUT2D eigenvalue weighted by Gasteiger charge is -2.14. The van der Waals surface area contributed by atoms with E-state index in [1.54, 1.807) is 30.5 Å². The molecule has 0 spiro atoms. The van der Waals surface area contributed by atoms with Crippen LogP contribution in [0.25, 0.3) is 11.4 Å². The molecule has 1 amide bonds. The lowest BCUT2D eigenvalue weighted by molar-refractivity contribution is -0.117. The average Bonchev–Trinajstić information content (AvgIpc) is 3.18. The maximum Gasteiger partial charge on any atom is 0.247 e. The summed E-state index contributed by atoms with van der Waals surface area (Å²) in [6.45, 7) is 5.57. The maximum absolute atomic E-state index is 12.1. The van der Waals surface area contributed by atoms with E-state index < -0.39 is 0 Å². The van der Waals surface area contributed by atoms with Crippen LogP contribution in [0.2, 0.25) is 5.02 Å². The van der Waals surface area contributed by atoms with Crippen molar-refractivity contribution in [3.63, 3.8) is 0 Å². The van der Waals surface area contributed by atoms with Crippen LogP contribution in [-0.4, -0.2) is 31.2 Å². The molecule has 0 N–H and O–H groups in total. The first-order valence-corrected chi connectivity index (χ1v) is 8.48. The highest BCUT2D eigenvalue weighted by Gasteiger charge is 2.22. The third-order valence-electron chi connectivity index (χ3n) is 3.24. The number of aromatic nitrogens is 5. The van der Waals surface area contributed by atoms with Gasteiger partial charge in [0.1, 0.15) is 0 Å². The molecule has 0 aliphatic rings. The Bertz CT molecular complexity index is 857. The fourth-order valence-corrected chi connectivity index (χ4v) is 3.06. The molecule has 0 fully saturated rings. The Hall–Kier alpha value is -2.32. The summed E-state index contributed by atoms with van der Waals surface area (Å²) >= 11 is 7.31. The third-order valence-corrected chi connectivity index (χ3v) is 4.77. The molecule has 124 valence electrons. The van der Waals surface area contributed by atoms with Gasteiger partial charge in [-0.05, 0) is 35.4 Å². The minimum atomic E-state index is -0.250. The minimum absolute atomic E-state index is 0.250. The Kier molecular flexibility index (Phi) is 4.59. The SMILES string of the molecule is CC(=O)N(c1ncc(C(C)C)s1)n1nnc(-c2ccc(Cl)cc2)n1. The predicted octanol–water partition coefficient (Wildman–Crippen LogP) is 3.39. The normalized spacial score (nSPS) is 11.0. The van der Waals surface area contributed by atoms with Gasteiger partial charge in [-0.1, -0.05) is 41.7 Å². The molecule has 9 heteroatoms. The summed E-state index contributed by atoms with van der Waals surface area (Å²) in [5, 5.41) is 14.7. The number of amides is 1. The topological polar surface area (TPSA) is 76.8 Å². The zero-order valence-electron chi connectivity index (χ0n) is 13.3. The smallest absolute Gasteiger partial charge is 0.247 e. The zero-order valence-corrected chi connectivity index (χ0v) is 14.9. The minimum Gasteiger partial charge on any atom is -0.273 e. The molecule has 0 saturated carbocycles. The lowest BCUT2D eigenvalue weighted by atomic mass is 10.2. The molecule has 0 atom stereocenters. The number of halogens is 1. The second-order valence-electron chi connectivity index (χ2n) is 5.42. The second-order valence-corrected chi connectivity index (χ2v) is 6.90. The van der Waals surface area contributed by atoms with E-state index in [0.717, 1.165) is 15.3 Å². The van der Waals surface area contributed by atoms with E-state index >= 15 is 0 Å². The van der Waals surface area contributed by atoms with Crippen molar-refractivity contribution < 1.29 is 4.79 Å². The van der Waals surface area contributed by atoms with Crippen LogP contribution in [0.3, 0.4) is 0 Å². The molecule has 0 aliphatic heterocycles. The van der Waals surface area contributed by atoms with Crippen molar-refractivity contribution in [1.29, 1.82) is 0 Å². The molecule has 3 aromatic rings. The summed E-state index contributed by atoms with van der Waals surface area (Å²) in [5.74, 6) is 0.483. The molecule has 24 heavy (non-hydrogen) atoms. The van der Waals surface area contributed by atoms with Crippen molar-refractivity contribution in [3.05, 3.63) is 40.4 Å². The molecule has 0 radical (unpaired) electrons. The summed E-state index contributed by atoms with van der Waals surface area (Å²) in [4.78, 5) is 18.6. The monoisotopic (exact) mass is 362 g/mol. The predicted molar refractivity (Wildman–Crippen MR) is 93.0 cm³/mol. The van der Waals surface area contributed by atoms with Crippen LogP contribution in [0.4, 0.5) is 5.13 Å². The first-order chi connectivity index (χ1) is 11.5. The lowest BCUT2D eigenvalue weighted by Crippen LogP contribution is -2.36. The fourth-order valence-electron chi connectivity index (χ4n) is 1.99. The molecule has 7 nitrogen and oxygen atoms in total. The van der Waals surface area contributed by atoms with E-state index in [4.69, 9.17) is 11.6 Å². The zero-order chi connectivity index (χ0) is 17.3.